The first kappa shape index (κ1) is 17.5. The maximum Gasteiger partial charge on any atom is 0.246 e. The first-order valence-electron chi connectivity index (χ1n) is 7.31. The van der Waals surface area contributed by atoms with Crippen LogP contribution in [0.5, 0.6) is 0 Å². The molecule has 0 aliphatic carbocycles. The molecule has 124 valence electrons. The number of piperidine rings is 1. The molecule has 1 atom stereocenters. The molecule has 2 N–H and O–H groups in total. The normalized spacial score (nSPS) is 19.5. The summed E-state index contributed by atoms with van der Waals surface area (Å²) >= 11 is 5.87. The number of hydrogen-bond donors (Lipinski definition) is 1. The number of sulfonamides is 1. The van der Waals surface area contributed by atoms with Gasteiger partial charge >= 0.3 is 0 Å². The van der Waals surface area contributed by atoms with Crippen LogP contribution in [0.25, 0.3) is 0 Å². The molecule has 0 radical (unpaired) electrons. The van der Waals surface area contributed by atoms with Crippen molar-refractivity contribution in [1.29, 1.82) is 0 Å². The molecule has 0 amide bonds. The molecule has 0 unspecified atom stereocenters. The molecule has 0 saturated carbocycles. The van der Waals surface area contributed by atoms with Crippen LogP contribution in [0.3, 0.4) is 0 Å². The zero-order valence-corrected chi connectivity index (χ0v) is 14.7. The van der Waals surface area contributed by atoms with Crippen LogP contribution in [0.2, 0.25) is 5.02 Å². The highest BCUT2D eigenvalue weighted by molar-refractivity contribution is 7.89. The van der Waals surface area contributed by atoms with Gasteiger partial charge in [-0.3, -0.25) is 0 Å². The second-order valence-electron chi connectivity index (χ2n) is 5.94. The van der Waals surface area contributed by atoms with E-state index < -0.39 is 10.0 Å². The maximum absolute atomic E-state index is 12.8. The average Bonchev–Trinajstić information content (AvgIpc) is 2.48. The molecule has 1 saturated heterocycles. The van der Waals surface area contributed by atoms with Crippen molar-refractivity contribution in [2.24, 2.45) is 5.92 Å². The predicted octanol–water partition coefficient (Wildman–Crippen LogP) is 1.67. The molecule has 1 aromatic rings. The minimum absolute atomic E-state index is 0.0215. The second kappa shape index (κ2) is 6.70. The van der Waals surface area contributed by atoms with E-state index in [1.54, 1.807) is 7.05 Å². The standard InChI is InChI=1S/C14H23ClN4O2S/c1-10(11-4-6-18(2)7-5-11)19(3)22(20,21)13-8-12(15)9-17-14(13)16/h8-11H,4-7H2,1-3H3,(H2,16,17)/t10-/m0/s1. The molecule has 6 nitrogen and oxygen atoms in total. The Kier molecular flexibility index (Phi) is 5.32. The van der Waals surface area contributed by atoms with Crippen LogP contribution in [0.15, 0.2) is 17.2 Å². The number of pyridine rings is 1. The van der Waals surface area contributed by atoms with E-state index in [4.69, 9.17) is 17.3 Å². The first-order chi connectivity index (χ1) is 10.2. The largest absolute Gasteiger partial charge is 0.383 e. The Morgan fingerprint density at radius 3 is 2.64 bits per heavy atom. The highest BCUT2D eigenvalue weighted by Gasteiger charge is 2.33. The van der Waals surface area contributed by atoms with Crippen LogP contribution in [0, 0.1) is 5.92 Å². The topological polar surface area (TPSA) is 79.5 Å². The van der Waals surface area contributed by atoms with E-state index in [9.17, 15) is 8.42 Å². The van der Waals surface area contributed by atoms with Crippen LogP contribution in [-0.4, -0.2) is 55.8 Å². The predicted molar refractivity (Wildman–Crippen MR) is 88.3 cm³/mol. The third kappa shape index (κ3) is 3.53. The van der Waals surface area contributed by atoms with Gasteiger partial charge in [0.25, 0.3) is 0 Å². The Bertz CT molecular complexity index is 630. The van der Waals surface area contributed by atoms with E-state index in [1.165, 1.54) is 16.6 Å². The van der Waals surface area contributed by atoms with Crippen LogP contribution in [0.4, 0.5) is 5.82 Å². The van der Waals surface area contributed by atoms with Crippen molar-refractivity contribution < 1.29 is 8.42 Å². The number of likely N-dealkylation sites (tertiary alicyclic amines) is 1. The van der Waals surface area contributed by atoms with E-state index in [-0.39, 0.29) is 21.8 Å². The van der Waals surface area contributed by atoms with Crippen molar-refractivity contribution in [3.63, 3.8) is 0 Å². The van der Waals surface area contributed by atoms with E-state index in [1.807, 2.05) is 6.92 Å². The van der Waals surface area contributed by atoms with Crippen molar-refractivity contribution in [2.45, 2.75) is 30.7 Å². The quantitative estimate of drug-likeness (QED) is 0.897. The summed E-state index contributed by atoms with van der Waals surface area (Å²) < 4.78 is 27.0. The molecule has 8 heteroatoms. The van der Waals surface area contributed by atoms with E-state index in [2.05, 4.69) is 16.9 Å². The number of halogens is 1. The first-order valence-corrected chi connectivity index (χ1v) is 9.13. The smallest absolute Gasteiger partial charge is 0.246 e. The Labute approximate surface area is 137 Å². The SMILES string of the molecule is C[C@@H](C1CCN(C)CC1)N(C)S(=O)(=O)c1cc(Cl)cnc1N. The Hall–Kier alpha value is -0.890. The van der Waals surface area contributed by atoms with Crippen LogP contribution >= 0.6 is 11.6 Å². The molecule has 1 aliphatic heterocycles. The van der Waals surface area contributed by atoms with Crippen LogP contribution in [0.1, 0.15) is 19.8 Å². The van der Waals surface area contributed by atoms with Gasteiger partial charge < -0.3 is 10.6 Å². The lowest BCUT2D eigenvalue weighted by Crippen LogP contribution is -2.44. The zero-order valence-electron chi connectivity index (χ0n) is 13.2. The summed E-state index contributed by atoms with van der Waals surface area (Å²) in [5.74, 6) is 0.316. The van der Waals surface area contributed by atoms with Crippen molar-refractivity contribution >= 4 is 27.4 Å². The fraction of sp³-hybridized carbons (Fsp3) is 0.643. The number of nitrogen functional groups attached to an aromatic ring is 1. The molecule has 22 heavy (non-hydrogen) atoms. The summed E-state index contributed by atoms with van der Waals surface area (Å²) in [4.78, 5) is 6.08. The molecule has 2 rings (SSSR count). The van der Waals surface area contributed by atoms with Gasteiger partial charge in [0.05, 0.1) is 5.02 Å². The summed E-state index contributed by atoms with van der Waals surface area (Å²) in [6.07, 6.45) is 3.32. The van der Waals surface area contributed by atoms with Crippen molar-refractivity contribution in [3.8, 4) is 0 Å². The van der Waals surface area contributed by atoms with Crippen molar-refractivity contribution in [2.75, 3.05) is 32.9 Å². The fourth-order valence-electron chi connectivity index (χ4n) is 2.82. The van der Waals surface area contributed by atoms with Crippen LogP contribution < -0.4 is 5.73 Å². The van der Waals surface area contributed by atoms with E-state index >= 15 is 0 Å². The lowest BCUT2D eigenvalue weighted by molar-refractivity contribution is 0.165. The van der Waals surface area contributed by atoms with E-state index in [0.29, 0.717) is 5.92 Å². The highest BCUT2D eigenvalue weighted by atomic mass is 35.5. The van der Waals surface area contributed by atoms with Gasteiger partial charge in [-0.2, -0.15) is 4.31 Å². The molecule has 1 fully saturated rings. The molecule has 0 aromatic carbocycles. The highest BCUT2D eigenvalue weighted by Crippen LogP contribution is 2.29. The summed E-state index contributed by atoms with van der Waals surface area (Å²) in [5, 5.41) is 0.258. The van der Waals surface area contributed by atoms with Gasteiger partial charge in [-0.05, 0) is 51.9 Å². The zero-order chi connectivity index (χ0) is 16.5. The summed E-state index contributed by atoms with van der Waals surface area (Å²) in [7, 11) is -0.0276. The molecule has 0 bridgehead atoms. The van der Waals surface area contributed by atoms with Gasteiger partial charge in [-0.25, -0.2) is 13.4 Å². The Balaban J connectivity index is 2.23. The lowest BCUT2D eigenvalue weighted by Gasteiger charge is -2.36. The molecular weight excluding hydrogens is 324 g/mol. The van der Waals surface area contributed by atoms with Gasteiger partial charge in [0, 0.05) is 19.3 Å². The number of anilines is 1. The third-order valence-corrected chi connectivity index (χ3v) is 6.70. The molecule has 1 aromatic heterocycles. The minimum atomic E-state index is -3.71. The monoisotopic (exact) mass is 346 g/mol. The minimum Gasteiger partial charge on any atom is -0.383 e. The van der Waals surface area contributed by atoms with Gasteiger partial charge in [-0.15, -0.1) is 0 Å². The molecule has 0 spiro atoms. The van der Waals surface area contributed by atoms with Gasteiger partial charge in [0.2, 0.25) is 10.0 Å². The van der Waals surface area contributed by atoms with Crippen LogP contribution in [-0.2, 0) is 10.0 Å². The van der Waals surface area contributed by atoms with Crippen molar-refractivity contribution in [3.05, 3.63) is 17.3 Å². The molecular formula is C14H23ClN4O2S. The number of hydrogen-bond acceptors (Lipinski definition) is 5. The number of rotatable bonds is 4. The molecule has 1 aliphatic rings. The summed E-state index contributed by atoms with van der Waals surface area (Å²) in [6.45, 7) is 3.93. The summed E-state index contributed by atoms with van der Waals surface area (Å²) in [5.41, 5.74) is 5.73. The lowest BCUT2D eigenvalue weighted by atomic mass is 9.91. The number of nitrogens with zero attached hydrogens (tertiary/aromatic N) is 3. The number of nitrogens with two attached hydrogens (primary N) is 1. The number of aromatic nitrogens is 1. The summed E-state index contributed by atoms with van der Waals surface area (Å²) in [6, 6.07) is 1.26. The van der Waals surface area contributed by atoms with Gasteiger partial charge in [0.15, 0.2) is 0 Å². The second-order valence-corrected chi connectivity index (χ2v) is 8.34. The van der Waals surface area contributed by atoms with Crippen molar-refractivity contribution in [1.82, 2.24) is 14.2 Å². The third-order valence-electron chi connectivity index (χ3n) is 4.52. The van der Waals surface area contributed by atoms with E-state index in [0.717, 1.165) is 25.9 Å². The van der Waals surface area contributed by atoms with Gasteiger partial charge in [0.1, 0.15) is 10.7 Å². The van der Waals surface area contributed by atoms with Gasteiger partial charge in [-0.1, -0.05) is 11.6 Å². The average molecular weight is 347 g/mol. The Morgan fingerprint density at radius 1 is 1.45 bits per heavy atom. The fourth-order valence-corrected chi connectivity index (χ4v) is 4.56. The Morgan fingerprint density at radius 2 is 2.05 bits per heavy atom. The maximum atomic E-state index is 12.8. The molecule has 2 heterocycles.